The molecule has 1 heterocycles. The van der Waals surface area contributed by atoms with Crippen molar-refractivity contribution >= 4 is 5.97 Å². The second-order valence-corrected chi connectivity index (χ2v) is 4.11. The van der Waals surface area contributed by atoms with E-state index in [1.165, 1.54) is 0 Å². The second kappa shape index (κ2) is 6.19. The summed E-state index contributed by atoms with van der Waals surface area (Å²) in [5.41, 5.74) is 9.20. The van der Waals surface area contributed by atoms with Gasteiger partial charge in [-0.05, 0) is 11.1 Å². The first-order valence-corrected chi connectivity index (χ1v) is 5.77. The molecule has 1 aliphatic rings. The van der Waals surface area contributed by atoms with Gasteiger partial charge in [0, 0.05) is 4.91 Å². The van der Waals surface area contributed by atoms with Gasteiger partial charge in [-0.3, -0.25) is 0 Å². The number of carboxylic acid groups (broad SMARTS) is 1. The molecule has 0 bridgehead atoms. The van der Waals surface area contributed by atoms with Crippen LogP contribution in [0.2, 0.25) is 0 Å². The summed E-state index contributed by atoms with van der Waals surface area (Å²) in [5.74, 6) is -1.07. The molecule has 2 rings (SSSR count). The third-order valence-electron chi connectivity index (χ3n) is 2.84. The lowest BCUT2D eigenvalue weighted by Crippen LogP contribution is -2.59. The van der Waals surface area contributed by atoms with Gasteiger partial charge in [0.2, 0.25) is 0 Å². The van der Waals surface area contributed by atoms with Gasteiger partial charge in [-0.1, -0.05) is 35.4 Å². The van der Waals surface area contributed by atoms with Gasteiger partial charge >= 0.3 is 5.97 Å². The number of carboxylic acids is 1. The molecular weight excluding hydrogens is 250 g/mol. The van der Waals surface area contributed by atoms with Crippen LogP contribution in [0, 0.1) is 0 Å². The van der Waals surface area contributed by atoms with Crippen LogP contribution in [-0.4, -0.2) is 35.9 Å². The molecule has 0 aliphatic carbocycles. The van der Waals surface area contributed by atoms with Gasteiger partial charge in [0.25, 0.3) is 0 Å². The highest BCUT2D eigenvalue weighted by Crippen LogP contribution is 2.26. The molecule has 0 aromatic heterocycles. The predicted molar refractivity (Wildman–Crippen MR) is 65.3 cm³/mol. The number of hydrogen-bond acceptors (Lipinski definition) is 4. The van der Waals surface area contributed by atoms with E-state index in [4.69, 9.17) is 20.1 Å². The van der Waals surface area contributed by atoms with E-state index >= 15 is 0 Å². The summed E-state index contributed by atoms with van der Waals surface area (Å²) in [6.07, 6.45) is -2.09. The number of nitrogens with zero attached hydrogens (tertiary/aromatic N) is 3. The Labute approximate surface area is 109 Å². The molecule has 1 N–H and O–H groups in total. The summed E-state index contributed by atoms with van der Waals surface area (Å²) in [5, 5.41) is 12.3. The van der Waals surface area contributed by atoms with Crippen LogP contribution in [-0.2, 0) is 20.9 Å². The zero-order valence-corrected chi connectivity index (χ0v) is 10.0. The fourth-order valence-corrected chi connectivity index (χ4v) is 1.87. The lowest BCUT2D eigenvalue weighted by atomic mass is 10.0. The van der Waals surface area contributed by atoms with E-state index in [0.717, 1.165) is 5.56 Å². The average molecular weight is 263 g/mol. The molecule has 1 saturated heterocycles. The van der Waals surface area contributed by atoms with Crippen molar-refractivity contribution in [1.82, 2.24) is 0 Å². The zero-order chi connectivity index (χ0) is 13.7. The minimum atomic E-state index is -1.07. The average Bonchev–Trinajstić information content (AvgIpc) is 2.38. The Balaban J connectivity index is 1.93. The van der Waals surface area contributed by atoms with Crippen molar-refractivity contribution in [3.8, 4) is 0 Å². The highest BCUT2D eigenvalue weighted by Gasteiger charge is 2.47. The lowest BCUT2D eigenvalue weighted by Gasteiger charge is -2.41. The van der Waals surface area contributed by atoms with E-state index in [-0.39, 0.29) is 6.54 Å². The highest BCUT2D eigenvalue weighted by atomic mass is 16.6. The molecule has 0 unspecified atom stereocenters. The minimum Gasteiger partial charge on any atom is -0.479 e. The molecule has 0 amide bonds. The van der Waals surface area contributed by atoms with Crippen molar-refractivity contribution in [2.45, 2.75) is 24.9 Å². The van der Waals surface area contributed by atoms with Crippen LogP contribution >= 0.6 is 0 Å². The SMILES string of the molecule is [N-]=[N+]=NC[C@@H]1O[C@H](C(=O)O)[C@H]1OCc1ccccc1. The quantitative estimate of drug-likeness (QED) is 0.479. The lowest BCUT2D eigenvalue weighted by molar-refractivity contribution is -0.244. The second-order valence-electron chi connectivity index (χ2n) is 4.11. The molecule has 0 saturated carbocycles. The van der Waals surface area contributed by atoms with E-state index in [0.29, 0.717) is 6.61 Å². The van der Waals surface area contributed by atoms with Gasteiger partial charge < -0.3 is 14.6 Å². The molecule has 7 nitrogen and oxygen atoms in total. The van der Waals surface area contributed by atoms with E-state index in [1.54, 1.807) is 0 Å². The number of rotatable bonds is 6. The molecular formula is C12H13N3O4. The maximum absolute atomic E-state index is 10.9. The highest BCUT2D eigenvalue weighted by molar-refractivity contribution is 5.74. The van der Waals surface area contributed by atoms with Crippen LogP contribution in [0.5, 0.6) is 0 Å². The molecule has 7 heteroatoms. The number of aliphatic carboxylic acids is 1. The topological polar surface area (TPSA) is 105 Å². The summed E-state index contributed by atoms with van der Waals surface area (Å²) < 4.78 is 10.7. The number of benzene rings is 1. The summed E-state index contributed by atoms with van der Waals surface area (Å²) in [6, 6.07) is 9.42. The Hall–Kier alpha value is -2.08. The first-order chi connectivity index (χ1) is 9.22. The Bertz CT molecular complexity index is 487. The van der Waals surface area contributed by atoms with Crippen molar-refractivity contribution < 1.29 is 19.4 Å². The zero-order valence-electron chi connectivity index (χ0n) is 10.0. The van der Waals surface area contributed by atoms with E-state index in [1.807, 2.05) is 30.3 Å². The van der Waals surface area contributed by atoms with E-state index in [2.05, 4.69) is 10.0 Å². The van der Waals surface area contributed by atoms with Crippen LogP contribution in [0.15, 0.2) is 35.4 Å². The Kier molecular flexibility index (Phi) is 4.35. The molecule has 0 spiro atoms. The summed E-state index contributed by atoms with van der Waals surface area (Å²) in [6.45, 7) is 0.366. The molecule has 100 valence electrons. The molecule has 1 fully saturated rings. The van der Waals surface area contributed by atoms with Crippen molar-refractivity contribution in [2.24, 2.45) is 5.11 Å². The largest absolute Gasteiger partial charge is 0.479 e. The normalized spacial score (nSPS) is 25.2. The van der Waals surface area contributed by atoms with Crippen molar-refractivity contribution in [2.75, 3.05) is 6.54 Å². The number of ether oxygens (including phenoxy) is 2. The molecule has 3 atom stereocenters. The van der Waals surface area contributed by atoms with Crippen LogP contribution < -0.4 is 0 Å². The van der Waals surface area contributed by atoms with Gasteiger partial charge in [-0.2, -0.15) is 0 Å². The number of azide groups is 1. The minimum absolute atomic E-state index is 0.0692. The Morgan fingerprint density at radius 3 is 2.84 bits per heavy atom. The first-order valence-electron chi connectivity index (χ1n) is 5.77. The maximum Gasteiger partial charge on any atom is 0.335 e. The monoisotopic (exact) mass is 263 g/mol. The molecule has 1 aromatic carbocycles. The van der Waals surface area contributed by atoms with Crippen LogP contribution in [0.1, 0.15) is 5.56 Å². The van der Waals surface area contributed by atoms with E-state index in [9.17, 15) is 4.79 Å². The van der Waals surface area contributed by atoms with Crippen molar-refractivity contribution in [3.05, 3.63) is 46.3 Å². The summed E-state index contributed by atoms with van der Waals surface area (Å²) in [7, 11) is 0. The van der Waals surface area contributed by atoms with Gasteiger partial charge in [0.15, 0.2) is 6.10 Å². The Morgan fingerprint density at radius 2 is 2.21 bits per heavy atom. The van der Waals surface area contributed by atoms with Crippen LogP contribution in [0.4, 0.5) is 0 Å². The van der Waals surface area contributed by atoms with Crippen LogP contribution in [0.25, 0.3) is 10.4 Å². The van der Waals surface area contributed by atoms with Crippen molar-refractivity contribution in [1.29, 1.82) is 0 Å². The van der Waals surface area contributed by atoms with Crippen molar-refractivity contribution in [3.63, 3.8) is 0 Å². The maximum atomic E-state index is 10.9. The predicted octanol–water partition coefficient (Wildman–Crippen LogP) is 1.73. The molecule has 1 aromatic rings. The number of carbonyl (C=O) groups is 1. The molecule has 19 heavy (non-hydrogen) atoms. The first kappa shape index (κ1) is 13.4. The smallest absolute Gasteiger partial charge is 0.335 e. The molecule has 1 aliphatic heterocycles. The molecule has 0 radical (unpaired) electrons. The third-order valence-corrected chi connectivity index (χ3v) is 2.84. The third kappa shape index (κ3) is 3.23. The van der Waals surface area contributed by atoms with Gasteiger partial charge in [0.1, 0.15) is 6.10 Å². The number of hydrogen-bond donors (Lipinski definition) is 1. The summed E-state index contributed by atoms with van der Waals surface area (Å²) >= 11 is 0. The summed E-state index contributed by atoms with van der Waals surface area (Å²) in [4.78, 5) is 13.5. The standard InChI is InChI=1S/C12H13N3O4/c13-15-14-6-9-10(11(19-9)12(16)17)18-7-8-4-2-1-3-5-8/h1-5,9-11H,6-7H2,(H,16,17)/t9-,10-,11-/m0/s1. The van der Waals surface area contributed by atoms with Gasteiger partial charge in [-0.15, -0.1) is 0 Å². The fourth-order valence-electron chi connectivity index (χ4n) is 1.87. The van der Waals surface area contributed by atoms with Crippen LogP contribution in [0.3, 0.4) is 0 Å². The van der Waals surface area contributed by atoms with Gasteiger partial charge in [-0.25, -0.2) is 4.79 Å². The fraction of sp³-hybridized carbons (Fsp3) is 0.417. The van der Waals surface area contributed by atoms with Gasteiger partial charge in [0.05, 0.1) is 19.3 Å². The Morgan fingerprint density at radius 1 is 1.47 bits per heavy atom. The van der Waals surface area contributed by atoms with E-state index < -0.39 is 24.3 Å².